The fourth-order valence-electron chi connectivity index (χ4n) is 1.35. The van der Waals surface area contributed by atoms with Crippen molar-refractivity contribution in [1.29, 1.82) is 0 Å². The largest absolute Gasteiger partial charge is 0.468 e. The van der Waals surface area contributed by atoms with Crippen LogP contribution in [0.1, 0.15) is 18.5 Å². The number of methoxy groups -OCH3 is 1. The van der Waals surface area contributed by atoms with Gasteiger partial charge in [0.05, 0.1) is 7.11 Å². The molecule has 0 aliphatic carbocycles. The van der Waals surface area contributed by atoms with E-state index >= 15 is 0 Å². The Morgan fingerprint density at radius 3 is 2.53 bits per heavy atom. The van der Waals surface area contributed by atoms with Crippen LogP contribution in [0.5, 0.6) is 0 Å². The van der Waals surface area contributed by atoms with Crippen molar-refractivity contribution >= 4 is 11.7 Å². The quantitative estimate of drug-likeness (QED) is 0.574. The van der Waals surface area contributed by atoms with Crippen LogP contribution < -0.4 is 11.1 Å². The van der Waals surface area contributed by atoms with E-state index in [2.05, 4.69) is 5.32 Å². The minimum atomic E-state index is -0.416. The number of nitrogens with two attached hydrogens (primary N) is 1. The summed E-state index contributed by atoms with van der Waals surface area (Å²) in [4.78, 5) is 11.5. The predicted octanol–water partition coefficient (Wildman–Crippen LogP) is 1.09. The Labute approximate surface area is 89.4 Å². The van der Waals surface area contributed by atoms with Gasteiger partial charge in [0.25, 0.3) is 0 Å². The van der Waals surface area contributed by atoms with Crippen LogP contribution in [0.15, 0.2) is 24.3 Å². The molecule has 0 spiro atoms. The molecule has 0 aliphatic heterocycles. The number of nitrogen functional groups attached to an aromatic ring is 1. The number of carbonyl (C=O) groups is 1. The van der Waals surface area contributed by atoms with Crippen molar-refractivity contribution in [3.05, 3.63) is 29.8 Å². The monoisotopic (exact) mass is 208 g/mol. The molecule has 0 saturated carbocycles. The Balaban J connectivity index is 2.88. The number of nitrogens with one attached hydrogen (secondary N) is 1. The molecule has 4 nitrogen and oxygen atoms in total. The highest BCUT2D eigenvalue weighted by Crippen LogP contribution is 2.16. The number of esters is 1. The summed E-state index contributed by atoms with van der Waals surface area (Å²) in [5.74, 6) is -0.290. The molecule has 0 aliphatic rings. The zero-order chi connectivity index (χ0) is 11.3. The lowest BCUT2D eigenvalue weighted by Gasteiger charge is -2.15. The summed E-state index contributed by atoms with van der Waals surface area (Å²) in [7, 11) is 1.38. The van der Waals surface area contributed by atoms with Crippen LogP contribution in [0, 0.1) is 0 Å². The van der Waals surface area contributed by atoms with Gasteiger partial charge >= 0.3 is 5.97 Å². The molecule has 0 radical (unpaired) electrons. The van der Waals surface area contributed by atoms with Crippen molar-refractivity contribution in [1.82, 2.24) is 5.32 Å². The molecule has 4 heteroatoms. The highest BCUT2D eigenvalue weighted by Gasteiger charge is 2.19. The zero-order valence-electron chi connectivity index (χ0n) is 8.99. The Morgan fingerprint density at radius 2 is 2.07 bits per heavy atom. The van der Waals surface area contributed by atoms with Gasteiger partial charge in [-0.25, -0.2) is 4.79 Å². The van der Waals surface area contributed by atoms with Gasteiger partial charge in [-0.3, -0.25) is 0 Å². The maximum absolute atomic E-state index is 11.5. The van der Waals surface area contributed by atoms with Crippen molar-refractivity contribution in [3.63, 3.8) is 0 Å². The van der Waals surface area contributed by atoms with E-state index in [1.165, 1.54) is 7.11 Å². The maximum Gasteiger partial charge on any atom is 0.327 e. The molecule has 1 unspecified atom stereocenters. The van der Waals surface area contributed by atoms with Gasteiger partial charge < -0.3 is 15.8 Å². The van der Waals surface area contributed by atoms with E-state index in [0.717, 1.165) is 5.56 Å². The molecular formula is C11H16N2O2. The van der Waals surface area contributed by atoms with Gasteiger partial charge in [-0.2, -0.15) is 0 Å². The molecule has 3 N–H and O–H groups in total. The van der Waals surface area contributed by atoms with E-state index < -0.39 is 6.04 Å². The van der Waals surface area contributed by atoms with Gasteiger partial charge in [0, 0.05) is 5.69 Å². The first-order valence-corrected chi connectivity index (χ1v) is 4.85. The maximum atomic E-state index is 11.5. The summed E-state index contributed by atoms with van der Waals surface area (Å²) >= 11 is 0. The van der Waals surface area contributed by atoms with E-state index in [1.54, 1.807) is 12.1 Å². The lowest BCUT2D eigenvalue weighted by Crippen LogP contribution is -2.29. The third-order valence-electron chi connectivity index (χ3n) is 2.11. The van der Waals surface area contributed by atoms with Crippen LogP contribution in [0.4, 0.5) is 5.69 Å². The molecule has 15 heavy (non-hydrogen) atoms. The van der Waals surface area contributed by atoms with Crippen LogP contribution in [-0.2, 0) is 9.53 Å². The molecular weight excluding hydrogens is 192 g/mol. The van der Waals surface area contributed by atoms with Crippen LogP contribution in [0.3, 0.4) is 0 Å². The second kappa shape index (κ2) is 5.36. The Bertz CT molecular complexity index is 322. The summed E-state index contributed by atoms with van der Waals surface area (Å²) in [6, 6.07) is 6.75. The van der Waals surface area contributed by atoms with E-state index in [4.69, 9.17) is 10.5 Å². The third-order valence-corrected chi connectivity index (χ3v) is 2.11. The number of benzene rings is 1. The summed E-state index contributed by atoms with van der Waals surface area (Å²) in [5, 5.41) is 3.05. The molecule has 0 saturated heterocycles. The second-order valence-corrected chi connectivity index (χ2v) is 3.18. The van der Waals surface area contributed by atoms with Gasteiger partial charge in [-0.15, -0.1) is 0 Å². The summed E-state index contributed by atoms with van der Waals surface area (Å²) in [6.07, 6.45) is 0. The van der Waals surface area contributed by atoms with Crippen molar-refractivity contribution in [2.24, 2.45) is 0 Å². The van der Waals surface area contributed by atoms with Crippen molar-refractivity contribution < 1.29 is 9.53 Å². The molecule has 0 amide bonds. The first kappa shape index (κ1) is 11.5. The third kappa shape index (κ3) is 2.95. The van der Waals surface area contributed by atoms with Crippen LogP contribution >= 0.6 is 0 Å². The van der Waals surface area contributed by atoms with Gasteiger partial charge in [0.15, 0.2) is 0 Å². The van der Waals surface area contributed by atoms with Gasteiger partial charge in [-0.1, -0.05) is 19.1 Å². The van der Waals surface area contributed by atoms with Crippen LogP contribution in [0.25, 0.3) is 0 Å². The van der Waals surface area contributed by atoms with Gasteiger partial charge in [0.1, 0.15) is 6.04 Å². The number of carbonyl (C=O) groups excluding carboxylic acids is 1. The zero-order valence-corrected chi connectivity index (χ0v) is 8.99. The number of hydrogen-bond acceptors (Lipinski definition) is 4. The number of hydrogen-bond donors (Lipinski definition) is 2. The highest BCUT2D eigenvalue weighted by atomic mass is 16.5. The minimum Gasteiger partial charge on any atom is -0.468 e. The summed E-state index contributed by atoms with van der Waals surface area (Å²) in [6.45, 7) is 2.64. The van der Waals surface area contributed by atoms with Gasteiger partial charge in [-0.05, 0) is 24.2 Å². The minimum absolute atomic E-state index is 0.290. The van der Waals surface area contributed by atoms with Crippen LogP contribution in [0.2, 0.25) is 0 Å². The lowest BCUT2D eigenvalue weighted by molar-refractivity contribution is -0.143. The Morgan fingerprint density at radius 1 is 1.47 bits per heavy atom. The topological polar surface area (TPSA) is 64.3 Å². The molecule has 0 fully saturated rings. The molecule has 1 aromatic carbocycles. The normalized spacial score (nSPS) is 12.1. The second-order valence-electron chi connectivity index (χ2n) is 3.18. The van der Waals surface area contributed by atoms with Crippen LogP contribution in [-0.4, -0.2) is 19.6 Å². The first-order chi connectivity index (χ1) is 7.19. The van der Waals surface area contributed by atoms with E-state index in [-0.39, 0.29) is 5.97 Å². The Kier molecular flexibility index (Phi) is 4.12. The fraction of sp³-hybridized carbons (Fsp3) is 0.364. The molecule has 82 valence electrons. The van der Waals surface area contributed by atoms with Gasteiger partial charge in [0.2, 0.25) is 0 Å². The average Bonchev–Trinajstić information content (AvgIpc) is 2.26. The smallest absolute Gasteiger partial charge is 0.327 e. The molecule has 1 atom stereocenters. The van der Waals surface area contributed by atoms with E-state index in [1.807, 2.05) is 19.1 Å². The standard InChI is InChI=1S/C11H16N2O2/c1-3-13-10(11(14)15-2)8-4-6-9(12)7-5-8/h4-7,10,13H,3,12H2,1-2H3. The molecule has 0 heterocycles. The number of ether oxygens (including phenoxy) is 1. The van der Waals surface area contributed by atoms with Crippen molar-refractivity contribution in [3.8, 4) is 0 Å². The predicted molar refractivity (Wildman–Crippen MR) is 59.3 cm³/mol. The molecule has 1 aromatic rings. The van der Waals surface area contributed by atoms with E-state index in [0.29, 0.717) is 12.2 Å². The number of anilines is 1. The summed E-state index contributed by atoms with van der Waals surface area (Å²) in [5.41, 5.74) is 7.11. The fourth-order valence-corrected chi connectivity index (χ4v) is 1.35. The first-order valence-electron chi connectivity index (χ1n) is 4.85. The number of rotatable bonds is 4. The lowest BCUT2D eigenvalue weighted by atomic mass is 10.1. The summed E-state index contributed by atoms with van der Waals surface area (Å²) < 4.78 is 4.72. The highest BCUT2D eigenvalue weighted by molar-refractivity contribution is 5.77. The number of likely N-dealkylation sites (N-methyl/N-ethyl adjacent to an activating group) is 1. The molecule has 0 bridgehead atoms. The average molecular weight is 208 g/mol. The molecule has 1 rings (SSSR count). The Hall–Kier alpha value is -1.55. The van der Waals surface area contributed by atoms with Crippen molar-refractivity contribution in [2.75, 3.05) is 19.4 Å². The van der Waals surface area contributed by atoms with Crippen molar-refractivity contribution in [2.45, 2.75) is 13.0 Å². The SMILES string of the molecule is CCNC(C(=O)OC)c1ccc(N)cc1. The van der Waals surface area contributed by atoms with E-state index in [9.17, 15) is 4.79 Å². The molecule has 0 aromatic heterocycles.